The van der Waals surface area contributed by atoms with Gasteiger partial charge in [-0.2, -0.15) is 0 Å². The molecule has 0 amide bonds. The van der Waals surface area contributed by atoms with Crippen molar-refractivity contribution in [2.45, 2.75) is 25.4 Å². The molecule has 0 radical (unpaired) electrons. The maximum atomic E-state index is 13.9. The summed E-state index contributed by atoms with van der Waals surface area (Å²) >= 11 is 0. The van der Waals surface area contributed by atoms with Gasteiger partial charge >= 0.3 is 0 Å². The van der Waals surface area contributed by atoms with Crippen molar-refractivity contribution >= 4 is 16.6 Å². The number of hydrogen-bond acceptors (Lipinski definition) is 4. The Morgan fingerprint density at radius 1 is 1.41 bits per heavy atom. The number of likely N-dealkylation sites (N-methyl/N-ethyl adjacent to an activating group) is 1. The zero-order valence-corrected chi connectivity index (χ0v) is 13.0. The monoisotopic (exact) mass is 303 g/mol. The zero-order chi connectivity index (χ0) is 15.7. The summed E-state index contributed by atoms with van der Waals surface area (Å²) in [6, 6.07) is 7.78. The average Bonchev–Trinajstić information content (AvgIpc) is 2.89. The van der Waals surface area contributed by atoms with Crippen molar-refractivity contribution in [1.82, 2.24) is 9.88 Å². The molecule has 4 nitrogen and oxygen atoms in total. The Bertz CT molecular complexity index is 663. The number of nitrogens with zero attached hydrogens (tertiary/aromatic N) is 3. The van der Waals surface area contributed by atoms with Crippen LogP contribution in [0, 0.1) is 5.82 Å². The molecular formula is C17H22FN3O. The Kier molecular flexibility index (Phi) is 4.27. The molecule has 0 aliphatic carbocycles. The van der Waals surface area contributed by atoms with Gasteiger partial charge in [0.05, 0.1) is 6.61 Å². The smallest absolute Gasteiger partial charge is 0.149 e. The summed E-state index contributed by atoms with van der Waals surface area (Å²) in [4.78, 5) is 8.70. The number of benzene rings is 1. The molecule has 1 N–H and O–H groups in total. The van der Waals surface area contributed by atoms with Gasteiger partial charge in [-0.1, -0.05) is 12.1 Å². The first-order valence-corrected chi connectivity index (χ1v) is 7.74. The zero-order valence-electron chi connectivity index (χ0n) is 13.0. The Balaban J connectivity index is 1.94. The molecule has 2 aromatic rings. The van der Waals surface area contributed by atoms with Crippen LogP contribution in [0.2, 0.25) is 0 Å². The fraction of sp³-hybridized carbons (Fsp3) is 0.471. The van der Waals surface area contributed by atoms with Gasteiger partial charge in [-0.05, 0) is 32.5 Å². The summed E-state index contributed by atoms with van der Waals surface area (Å²) < 4.78 is 13.9. The highest BCUT2D eigenvalue weighted by atomic mass is 19.1. The van der Waals surface area contributed by atoms with Crippen LogP contribution >= 0.6 is 0 Å². The van der Waals surface area contributed by atoms with Crippen molar-refractivity contribution in [2.75, 3.05) is 31.6 Å². The summed E-state index contributed by atoms with van der Waals surface area (Å²) in [7, 11) is 2.05. The minimum Gasteiger partial charge on any atom is -0.395 e. The minimum atomic E-state index is -0.278. The van der Waals surface area contributed by atoms with Crippen LogP contribution in [0.15, 0.2) is 30.5 Å². The molecule has 0 saturated carbocycles. The second-order valence-electron chi connectivity index (χ2n) is 5.96. The molecule has 2 heterocycles. The van der Waals surface area contributed by atoms with Crippen molar-refractivity contribution in [3.8, 4) is 0 Å². The molecule has 1 saturated heterocycles. The lowest BCUT2D eigenvalue weighted by Gasteiger charge is -2.32. The SMILES string of the molecule is C[C@@H]1[C@H](N(C)CCO)CCN1c1ccnc2c(F)cccc12. The quantitative estimate of drug-likeness (QED) is 0.940. The van der Waals surface area contributed by atoms with Crippen molar-refractivity contribution < 1.29 is 9.50 Å². The first-order valence-electron chi connectivity index (χ1n) is 7.74. The van der Waals surface area contributed by atoms with Crippen molar-refractivity contribution in [3.63, 3.8) is 0 Å². The van der Waals surface area contributed by atoms with Gasteiger partial charge in [0.15, 0.2) is 0 Å². The molecule has 2 atom stereocenters. The Morgan fingerprint density at radius 3 is 3.00 bits per heavy atom. The number of aliphatic hydroxyl groups excluding tert-OH is 1. The highest BCUT2D eigenvalue weighted by molar-refractivity contribution is 5.92. The number of hydrogen-bond donors (Lipinski definition) is 1. The van der Waals surface area contributed by atoms with Gasteiger partial charge in [-0.15, -0.1) is 0 Å². The number of aliphatic hydroxyl groups is 1. The van der Waals surface area contributed by atoms with Crippen molar-refractivity contribution in [3.05, 3.63) is 36.3 Å². The van der Waals surface area contributed by atoms with Crippen LogP contribution in [0.3, 0.4) is 0 Å². The van der Waals surface area contributed by atoms with Gasteiger partial charge in [0.25, 0.3) is 0 Å². The molecule has 0 bridgehead atoms. The number of rotatable bonds is 4. The van der Waals surface area contributed by atoms with E-state index in [-0.39, 0.29) is 12.4 Å². The summed E-state index contributed by atoms with van der Waals surface area (Å²) in [5.41, 5.74) is 1.47. The van der Waals surface area contributed by atoms with E-state index in [1.165, 1.54) is 6.07 Å². The van der Waals surface area contributed by atoms with E-state index in [0.717, 1.165) is 24.0 Å². The molecule has 3 rings (SSSR count). The van der Waals surface area contributed by atoms with Crippen LogP contribution < -0.4 is 4.90 Å². The minimum absolute atomic E-state index is 0.170. The first kappa shape index (κ1) is 15.2. The van der Waals surface area contributed by atoms with Crippen molar-refractivity contribution in [2.24, 2.45) is 0 Å². The third-order valence-electron chi connectivity index (χ3n) is 4.74. The van der Waals surface area contributed by atoms with Crippen molar-refractivity contribution in [1.29, 1.82) is 0 Å². The highest BCUT2D eigenvalue weighted by Crippen LogP contribution is 2.33. The molecule has 5 heteroatoms. The highest BCUT2D eigenvalue weighted by Gasteiger charge is 2.33. The molecule has 0 spiro atoms. The fourth-order valence-electron chi connectivity index (χ4n) is 3.55. The van der Waals surface area contributed by atoms with E-state index in [1.54, 1.807) is 12.3 Å². The van der Waals surface area contributed by atoms with Crippen LogP contribution in [0.5, 0.6) is 0 Å². The molecule has 1 fully saturated rings. The van der Waals surface area contributed by atoms with Crippen LogP contribution in [-0.4, -0.2) is 53.8 Å². The average molecular weight is 303 g/mol. The third-order valence-corrected chi connectivity index (χ3v) is 4.74. The Labute approximate surface area is 130 Å². The molecule has 1 aromatic heterocycles. The van der Waals surface area contributed by atoms with Gasteiger partial charge in [0.2, 0.25) is 0 Å². The molecule has 1 aliphatic heterocycles. The molecular weight excluding hydrogens is 281 g/mol. The lowest BCUT2D eigenvalue weighted by atomic mass is 10.1. The van der Waals surface area contributed by atoms with Gasteiger partial charge in [-0.3, -0.25) is 9.88 Å². The topological polar surface area (TPSA) is 39.6 Å². The van der Waals surface area contributed by atoms with E-state index in [1.807, 2.05) is 19.2 Å². The largest absolute Gasteiger partial charge is 0.395 e. The first-order chi connectivity index (χ1) is 10.6. The van der Waals surface area contributed by atoms with Gasteiger partial charge < -0.3 is 10.0 Å². The van der Waals surface area contributed by atoms with Crippen LogP contribution in [-0.2, 0) is 0 Å². The van der Waals surface area contributed by atoms with E-state index in [4.69, 9.17) is 5.11 Å². The molecule has 22 heavy (non-hydrogen) atoms. The summed E-state index contributed by atoms with van der Waals surface area (Å²) in [5, 5.41) is 9.99. The number of fused-ring (bicyclic) bond motifs is 1. The number of pyridine rings is 1. The van der Waals surface area contributed by atoms with Gasteiger partial charge in [0.1, 0.15) is 11.3 Å². The Morgan fingerprint density at radius 2 is 2.23 bits per heavy atom. The van der Waals surface area contributed by atoms with Crippen LogP contribution in [0.4, 0.5) is 10.1 Å². The maximum absolute atomic E-state index is 13.9. The summed E-state index contributed by atoms with van der Waals surface area (Å²) in [6.07, 6.45) is 2.72. The van der Waals surface area contributed by atoms with E-state index >= 15 is 0 Å². The van der Waals surface area contributed by atoms with E-state index in [9.17, 15) is 4.39 Å². The number of aromatic nitrogens is 1. The standard InChI is InChI=1S/C17H22FN3O/c1-12-15(20(2)10-11-22)7-9-21(12)16-6-8-19-17-13(16)4-3-5-14(17)18/h3-6,8,12,15,22H,7,9-11H2,1-2H3/t12-,15-/m1/s1. The Hall–Kier alpha value is -1.72. The number of para-hydroxylation sites is 1. The van der Waals surface area contributed by atoms with E-state index in [2.05, 4.69) is 21.7 Å². The van der Waals surface area contributed by atoms with E-state index in [0.29, 0.717) is 24.1 Å². The second kappa shape index (κ2) is 6.18. The number of anilines is 1. The summed E-state index contributed by atoms with van der Waals surface area (Å²) in [5.74, 6) is -0.278. The molecule has 1 aliphatic rings. The predicted octanol–water partition coefficient (Wildman–Crippen LogP) is 2.27. The number of halogens is 1. The normalized spacial score (nSPS) is 22.0. The predicted molar refractivity (Wildman–Crippen MR) is 86.6 cm³/mol. The van der Waals surface area contributed by atoms with Gasteiger partial charge in [0, 0.05) is 42.4 Å². The van der Waals surface area contributed by atoms with Crippen LogP contribution in [0.1, 0.15) is 13.3 Å². The lowest BCUT2D eigenvalue weighted by molar-refractivity contribution is 0.175. The van der Waals surface area contributed by atoms with E-state index < -0.39 is 0 Å². The maximum Gasteiger partial charge on any atom is 0.149 e. The molecule has 0 unspecified atom stereocenters. The second-order valence-corrected chi connectivity index (χ2v) is 5.96. The third kappa shape index (κ3) is 2.55. The molecule has 118 valence electrons. The fourth-order valence-corrected chi connectivity index (χ4v) is 3.55. The molecule has 1 aromatic carbocycles. The lowest BCUT2D eigenvalue weighted by Crippen LogP contribution is -2.42. The summed E-state index contributed by atoms with van der Waals surface area (Å²) in [6.45, 7) is 3.96. The van der Waals surface area contributed by atoms with Crippen LogP contribution in [0.25, 0.3) is 10.9 Å². The van der Waals surface area contributed by atoms with Gasteiger partial charge in [-0.25, -0.2) is 4.39 Å².